The molecule has 3 rings (SSSR count). The maximum Gasteiger partial charge on any atom is 0.128 e. The fourth-order valence-corrected chi connectivity index (χ4v) is 3.32. The zero-order chi connectivity index (χ0) is 22.2. The molecule has 6 heteroatoms. The quantitative estimate of drug-likeness (QED) is 0.455. The second kappa shape index (κ2) is 10.6. The molecule has 0 N–H and O–H groups in total. The van der Waals surface area contributed by atoms with Crippen LogP contribution in [-0.4, -0.2) is 35.5 Å². The van der Waals surface area contributed by atoms with Crippen molar-refractivity contribution < 1.29 is 28.4 Å². The lowest BCUT2D eigenvalue weighted by molar-refractivity contribution is 0.0633. The third kappa shape index (κ3) is 5.22. The molecular weight excluding hydrogens is 396 g/mol. The van der Waals surface area contributed by atoms with Gasteiger partial charge in [0.1, 0.15) is 34.9 Å². The number of rotatable bonds is 10. The maximum atomic E-state index is 6.42. The fourth-order valence-electron chi connectivity index (χ4n) is 3.32. The van der Waals surface area contributed by atoms with Gasteiger partial charge in [0.15, 0.2) is 0 Å². The smallest absolute Gasteiger partial charge is 0.128 e. The van der Waals surface area contributed by atoms with Gasteiger partial charge in [-0.25, -0.2) is 0 Å². The van der Waals surface area contributed by atoms with Crippen LogP contribution in [0.3, 0.4) is 0 Å². The Labute approximate surface area is 183 Å². The van der Waals surface area contributed by atoms with E-state index in [1.54, 1.807) is 35.5 Å². The summed E-state index contributed by atoms with van der Waals surface area (Å²) in [6.07, 6.45) is -0.441. The van der Waals surface area contributed by atoms with Crippen LogP contribution in [0.1, 0.15) is 22.8 Å². The molecule has 0 aliphatic carbocycles. The average Bonchev–Trinajstić information content (AvgIpc) is 2.84. The molecule has 0 unspecified atom stereocenters. The van der Waals surface area contributed by atoms with Crippen LogP contribution in [0.25, 0.3) is 0 Å². The Morgan fingerprint density at radius 1 is 0.548 bits per heavy atom. The van der Waals surface area contributed by atoms with Gasteiger partial charge in [0.25, 0.3) is 0 Å². The summed E-state index contributed by atoms with van der Waals surface area (Å²) in [5, 5.41) is 0. The minimum absolute atomic E-state index is 0.388. The van der Waals surface area contributed by atoms with Crippen molar-refractivity contribution in [1.82, 2.24) is 0 Å². The Morgan fingerprint density at radius 3 is 1.42 bits per heavy atom. The molecule has 164 valence electrons. The van der Waals surface area contributed by atoms with Gasteiger partial charge in [0, 0.05) is 23.3 Å². The van der Waals surface area contributed by atoms with Crippen molar-refractivity contribution in [2.45, 2.75) is 12.7 Å². The largest absolute Gasteiger partial charge is 0.497 e. The first-order chi connectivity index (χ1) is 15.1. The van der Waals surface area contributed by atoms with Crippen molar-refractivity contribution in [1.29, 1.82) is 0 Å². The van der Waals surface area contributed by atoms with E-state index in [0.29, 0.717) is 29.6 Å². The SMILES string of the molecule is COc1ccc(COC(c2ccc(OC)cc2OC)c2ccc(OC)cc2OC)cc1. The molecule has 0 atom stereocenters. The Bertz CT molecular complexity index is 928. The van der Waals surface area contributed by atoms with Crippen LogP contribution in [0.5, 0.6) is 28.7 Å². The standard InChI is InChI=1S/C25H28O6/c1-26-18-8-6-17(7-9-18)16-31-25(21-12-10-19(27-2)14-23(21)29-4)22-13-11-20(28-3)15-24(22)30-5/h6-15,25H,16H2,1-5H3. The zero-order valence-corrected chi connectivity index (χ0v) is 18.5. The molecule has 0 spiro atoms. The molecule has 0 bridgehead atoms. The van der Waals surface area contributed by atoms with Crippen LogP contribution < -0.4 is 23.7 Å². The van der Waals surface area contributed by atoms with Crippen molar-refractivity contribution in [2.75, 3.05) is 35.5 Å². The molecule has 3 aromatic rings. The van der Waals surface area contributed by atoms with Gasteiger partial charge >= 0.3 is 0 Å². The third-order valence-electron chi connectivity index (χ3n) is 5.02. The lowest BCUT2D eigenvalue weighted by atomic mass is 9.98. The van der Waals surface area contributed by atoms with E-state index >= 15 is 0 Å². The number of benzene rings is 3. The van der Waals surface area contributed by atoms with E-state index in [9.17, 15) is 0 Å². The summed E-state index contributed by atoms with van der Waals surface area (Å²) in [5.41, 5.74) is 2.74. The molecule has 0 saturated carbocycles. The van der Waals surface area contributed by atoms with E-state index in [0.717, 1.165) is 22.4 Å². The molecular formula is C25H28O6. The molecule has 0 aliphatic rings. The van der Waals surface area contributed by atoms with Gasteiger partial charge < -0.3 is 28.4 Å². The number of hydrogen-bond acceptors (Lipinski definition) is 6. The molecule has 3 aromatic carbocycles. The van der Waals surface area contributed by atoms with Crippen LogP contribution >= 0.6 is 0 Å². The molecule has 0 amide bonds. The van der Waals surface area contributed by atoms with E-state index in [2.05, 4.69) is 0 Å². The second-order valence-corrected chi connectivity index (χ2v) is 6.75. The van der Waals surface area contributed by atoms with E-state index in [1.165, 1.54) is 0 Å². The molecule has 0 aromatic heterocycles. The zero-order valence-electron chi connectivity index (χ0n) is 18.5. The first-order valence-electron chi connectivity index (χ1n) is 9.81. The van der Waals surface area contributed by atoms with E-state index in [4.69, 9.17) is 28.4 Å². The van der Waals surface area contributed by atoms with Gasteiger partial charge in [-0.3, -0.25) is 0 Å². The van der Waals surface area contributed by atoms with Gasteiger partial charge in [-0.2, -0.15) is 0 Å². The first-order valence-corrected chi connectivity index (χ1v) is 9.81. The predicted octanol–water partition coefficient (Wildman–Crippen LogP) is 5.04. The summed E-state index contributed by atoms with van der Waals surface area (Å²) in [6, 6.07) is 19.1. The van der Waals surface area contributed by atoms with E-state index in [-0.39, 0.29) is 0 Å². The minimum atomic E-state index is -0.441. The van der Waals surface area contributed by atoms with Crippen LogP contribution in [0, 0.1) is 0 Å². The highest BCUT2D eigenvalue weighted by Crippen LogP contribution is 2.40. The highest BCUT2D eigenvalue weighted by molar-refractivity contribution is 5.50. The van der Waals surface area contributed by atoms with Crippen LogP contribution in [0.4, 0.5) is 0 Å². The van der Waals surface area contributed by atoms with Crippen LogP contribution in [-0.2, 0) is 11.3 Å². The van der Waals surface area contributed by atoms with Gasteiger partial charge in [-0.15, -0.1) is 0 Å². The molecule has 0 fully saturated rings. The summed E-state index contributed by atoms with van der Waals surface area (Å²) in [5.74, 6) is 3.54. The Morgan fingerprint density at radius 2 is 1.00 bits per heavy atom. The fraction of sp³-hybridized carbons (Fsp3) is 0.280. The van der Waals surface area contributed by atoms with Crippen molar-refractivity contribution >= 4 is 0 Å². The number of methoxy groups -OCH3 is 5. The maximum absolute atomic E-state index is 6.42. The lowest BCUT2D eigenvalue weighted by Crippen LogP contribution is -2.10. The topological polar surface area (TPSA) is 55.4 Å². The molecule has 31 heavy (non-hydrogen) atoms. The monoisotopic (exact) mass is 424 g/mol. The highest BCUT2D eigenvalue weighted by atomic mass is 16.5. The Hall–Kier alpha value is -3.38. The second-order valence-electron chi connectivity index (χ2n) is 6.75. The minimum Gasteiger partial charge on any atom is -0.497 e. The molecule has 0 radical (unpaired) electrons. The van der Waals surface area contributed by atoms with Gasteiger partial charge in [0.05, 0.1) is 42.2 Å². The highest BCUT2D eigenvalue weighted by Gasteiger charge is 2.24. The average molecular weight is 424 g/mol. The Kier molecular flexibility index (Phi) is 7.62. The number of hydrogen-bond donors (Lipinski definition) is 0. The lowest BCUT2D eigenvalue weighted by Gasteiger charge is -2.24. The van der Waals surface area contributed by atoms with E-state index < -0.39 is 6.10 Å². The van der Waals surface area contributed by atoms with Crippen LogP contribution in [0.15, 0.2) is 60.7 Å². The van der Waals surface area contributed by atoms with Crippen molar-refractivity contribution in [3.8, 4) is 28.7 Å². The summed E-state index contributed by atoms with van der Waals surface area (Å²) < 4.78 is 33.7. The normalized spacial score (nSPS) is 10.6. The molecule has 0 aliphatic heterocycles. The van der Waals surface area contributed by atoms with Crippen LogP contribution in [0.2, 0.25) is 0 Å². The third-order valence-corrected chi connectivity index (χ3v) is 5.02. The van der Waals surface area contributed by atoms with Crippen molar-refractivity contribution in [3.63, 3.8) is 0 Å². The first kappa shape index (κ1) is 22.3. The summed E-state index contributed by atoms with van der Waals surface area (Å²) in [4.78, 5) is 0. The molecule has 0 saturated heterocycles. The molecule has 0 heterocycles. The van der Waals surface area contributed by atoms with Gasteiger partial charge in [-0.1, -0.05) is 12.1 Å². The summed E-state index contributed by atoms with van der Waals surface area (Å²) in [7, 11) is 8.15. The van der Waals surface area contributed by atoms with E-state index in [1.807, 2.05) is 60.7 Å². The number of ether oxygens (including phenoxy) is 6. The van der Waals surface area contributed by atoms with Gasteiger partial charge in [0.2, 0.25) is 0 Å². The predicted molar refractivity (Wildman–Crippen MR) is 119 cm³/mol. The van der Waals surface area contributed by atoms with Gasteiger partial charge in [-0.05, 0) is 42.0 Å². The Balaban J connectivity index is 2.01. The molecule has 6 nitrogen and oxygen atoms in total. The summed E-state index contributed by atoms with van der Waals surface area (Å²) >= 11 is 0. The van der Waals surface area contributed by atoms with Crippen molar-refractivity contribution in [2.24, 2.45) is 0 Å². The summed E-state index contributed by atoms with van der Waals surface area (Å²) in [6.45, 7) is 0.388. The van der Waals surface area contributed by atoms with Crippen molar-refractivity contribution in [3.05, 3.63) is 77.4 Å².